The third-order valence-corrected chi connectivity index (χ3v) is 2.57. The van der Waals surface area contributed by atoms with E-state index in [2.05, 4.69) is 10.2 Å². The Hall–Kier alpha value is -1.79. The van der Waals surface area contributed by atoms with E-state index in [1.54, 1.807) is 39.0 Å². The lowest BCUT2D eigenvalue weighted by Crippen LogP contribution is -2.27. The fraction of sp³-hybridized carbons (Fsp3) is 0.500. The molecule has 0 bridgehead atoms. The summed E-state index contributed by atoms with van der Waals surface area (Å²) in [7, 11) is 0. The second-order valence-corrected chi connectivity index (χ2v) is 5.64. The van der Waals surface area contributed by atoms with Crippen molar-refractivity contribution in [3.63, 3.8) is 0 Å². The minimum Gasteiger partial charge on any atom is -0.506 e. The fourth-order valence-corrected chi connectivity index (χ4v) is 1.62. The van der Waals surface area contributed by atoms with Crippen molar-refractivity contribution >= 4 is 11.8 Å². The Morgan fingerprint density at radius 2 is 2.10 bits per heavy atom. The van der Waals surface area contributed by atoms with Crippen molar-refractivity contribution in [2.24, 2.45) is 5.90 Å². The lowest BCUT2D eigenvalue weighted by Gasteiger charge is -2.20. The zero-order valence-electron chi connectivity index (χ0n) is 12.3. The number of phenolic OH excluding ortho intramolecular Hbond substituents is 1. The summed E-state index contributed by atoms with van der Waals surface area (Å²) in [4.78, 5) is 16.2. The van der Waals surface area contributed by atoms with Crippen molar-refractivity contribution in [1.29, 1.82) is 0 Å². The van der Waals surface area contributed by atoms with Crippen LogP contribution in [0.25, 0.3) is 0 Å². The van der Waals surface area contributed by atoms with Crippen molar-refractivity contribution in [2.45, 2.75) is 39.2 Å². The predicted octanol–water partition coefficient (Wildman–Crippen LogP) is 2.73. The molecule has 0 aromatic heterocycles. The number of hydrogen-bond acceptors (Lipinski definition) is 5. The predicted molar refractivity (Wildman–Crippen MR) is 76.5 cm³/mol. The van der Waals surface area contributed by atoms with Gasteiger partial charge in [0.05, 0.1) is 12.3 Å². The van der Waals surface area contributed by atoms with E-state index in [9.17, 15) is 9.90 Å². The van der Waals surface area contributed by atoms with E-state index >= 15 is 0 Å². The highest BCUT2D eigenvalue weighted by atomic mass is 16.6. The zero-order valence-corrected chi connectivity index (χ0v) is 12.3. The fourth-order valence-electron chi connectivity index (χ4n) is 1.62. The van der Waals surface area contributed by atoms with Crippen LogP contribution in [0.4, 0.5) is 10.5 Å². The second-order valence-electron chi connectivity index (χ2n) is 5.64. The molecular formula is C14H22N2O4. The van der Waals surface area contributed by atoms with Crippen LogP contribution in [0.15, 0.2) is 18.2 Å². The van der Waals surface area contributed by atoms with Crippen LogP contribution in [-0.2, 0) is 9.57 Å². The van der Waals surface area contributed by atoms with Gasteiger partial charge < -0.3 is 14.7 Å². The number of hydrogen-bond donors (Lipinski definition) is 3. The molecule has 0 saturated heterocycles. The first-order valence-electron chi connectivity index (χ1n) is 6.37. The third-order valence-electron chi connectivity index (χ3n) is 2.57. The van der Waals surface area contributed by atoms with Gasteiger partial charge in [-0.2, -0.15) is 0 Å². The number of benzene rings is 1. The summed E-state index contributed by atoms with van der Waals surface area (Å²) in [6.07, 6.45) is -0.612. The molecule has 20 heavy (non-hydrogen) atoms. The van der Waals surface area contributed by atoms with Gasteiger partial charge >= 0.3 is 6.09 Å². The lowest BCUT2D eigenvalue weighted by molar-refractivity contribution is 0.0635. The largest absolute Gasteiger partial charge is 0.506 e. The van der Waals surface area contributed by atoms with Gasteiger partial charge in [-0.3, -0.25) is 5.32 Å². The number of phenols is 1. The number of ether oxygens (including phenoxy) is 1. The highest BCUT2D eigenvalue weighted by molar-refractivity contribution is 5.86. The third kappa shape index (κ3) is 5.07. The lowest BCUT2D eigenvalue weighted by atomic mass is 10.0. The summed E-state index contributed by atoms with van der Waals surface area (Å²) in [6.45, 7) is 7.57. The number of aromatic hydroxyl groups is 1. The van der Waals surface area contributed by atoms with Gasteiger partial charge in [-0.05, 0) is 38.5 Å². The maximum atomic E-state index is 11.6. The Bertz CT molecular complexity index is 469. The van der Waals surface area contributed by atoms with Gasteiger partial charge in [0, 0.05) is 5.92 Å². The molecule has 1 rings (SSSR count). The Kier molecular flexibility index (Phi) is 5.35. The molecule has 0 aliphatic rings. The van der Waals surface area contributed by atoms with Gasteiger partial charge in [-0.15, -0.1) is 0 Å². The van der Waals surface area contributed by atoms with E-state index in [0.717, 1.165) is 5.56 Å². The van der Waals surface area contributed by atoms with Gasteiger partial charge in [0.15, 0.2) is 0 Å². The van der Waals surface area contributed by atoms with Gasteiger partial charge in [0.2, 0.25) is 0 Å². The van der Waals surface area contributed by atoms with Crippen molar-refractivity contribution < 1.29 is 19.5 Å². The van der Waals surface area contributed by atoms with Crippen molar-refractivity contribution in [1.82, 2.24) is 0 Å². The molecule has 1 atom stereocenters. The summed E-state index contributed by atoms with van der Waals surface area (Å²) in [5, 5.41) is 12.4. The first-order chi connectivity index (χ1) is 9.23. The van der Waals surface area contributed by atoms with E-state index in [1.807, 2.05) is 6.92 Å². The average Bonchev–Trinajstić information content (AvgIpc) is 2.29. The number of anilines is 1. The minimum atomic E-state index is -0.612. The molecule has 0 aliphatic heterocycles. The molecule has 1 unspecified atom stereocenters. The summed E-state index contributed by atoms with van der Waals surface area (Å²) < 4.78 is 5.12. The molecule has 1 amide bonds. The molecule has 0 fully saturated rings. The van der Waals surface area contributed by atoms with Gasteiger partial charge in [0.1, 0.15) is 11.4 Å². The molecule has 0 heterocycles. The summed E-state index contributed by atoms with van der Waals surface area (Å²) in [5.74, 6) is 5.04. The summed E-state index contributed by atoms with van der Waals surface area (Å²) in [5.41, 5.74) is 0.568. The van der Waals surface area contributed by atoms with Gasteiger partial charge in [0.25, 0.3) is 0 Å². The van der Waals surface area contributed by atoms with Crippen LogP contribution < -0.4 is 11.2 Å². The molecule has 0 spiro atoms. The Labute approximate surface area is 118 Å². The van der Waals surface area contributed by atoms with Crippen LogP contribution in [0.1, 0.15) is 39.2 Å². The molecule has 4 N–H and O–H groups in total. The number of rotatable bonds is 4. The SMILES string of the molecule is CC(CON)c1ccc(NC(=O)OC(C)(C)C)c(O)c1. The molecule has 0 radical (unpaired) electrons. The standard InChI is InChI=1S/C14H22N2O4/c1-9(8-19-15)10-5-6-11(12(17)7-10)16-13(18)20-14(2,3)4/h5-7,9,17H,8,15H2,1-4H3,(H,16,18). The highest BCUT2D eigenvalue weighted by Crippen LogP contribution is 2.28. The van der Waals surface area contributed by atoms with Gasteiger partial charge in [-0.1, -0.05) is 13.0 Å². The Balaban J connectivity index is 2.76. The van der Waals surface area contributed by atoms with Crippen LogP contribution in [0.2, 0.25) is 0 Å². The quantitative estimate of drug-likeness (QED) is 0.583. The van der Waals surface area contributed by atoms with Crippen molar-refractivity contribution in [3.8, 4) is 5.75 Å². The highest BCUT2D eigenvalue weighted by Gasteiger charge is 2.17. The molecule has 1 aromatic rings. The maximum Gasteiger partial charge on any atom is 0.412 e. The number of carbonyl (C=O) groups excluding carboxylic acids is 1. The number of nitrogens with two attached hydrogens (primary N) is 1. The van der Waals surface area contributed by atoms with E-state index in [4.69, 9.17) is 10.6 Å². The van der Waals surface area contributed by atoms with Crippen LogP contribution in [0.3, 0.4) is 0 Å². The van der Waals surface area contributed by atoms with E-state index in [0.29, 0.717) is 12.3 Å². The number of amides is 1. The molecule has 6 heteroatoms. The van der Waals surface area contributed by atoms with Crippen LogP contribution in [0.5, 0.6) is 5.75 Å². The van der Waals surface area contributed by atoms with Crippen LogP contribution in [0, 0.1) is 0 Å². The molecule has 112 valence electrons. The van der Waals surface area contributed by atoms with E-state index < -0.39 is 11.7 Å². The first kappa shape index (κ1) is 16.3. The monoisotopic (exact) mass is 282 g/mol. The first-order valence-corrected chi connectivity index (χ1v) is 6.37. The normalized spacial score (nSPS) is 12.8. The average molecular weight is 282 g/mol. The molecule has 6 nitrogen and oxygen atoms in total. The maximum absolute atomic E-state index is 11.6. The number of nitrogens with one attached hydrogen (secondary N) is 1. The topological polar surface area (TPSA) is 93.8 Å². The molecule has 0 aliphatic carbocycles. The Morgan fingerprint density at radius 3 is 2.60 bits per heavy atom. The van der Waals surface area contributed by atoms with Crippen LogP contribution >= 0.6 is 0 Å². The zero-order chi connectivity index (χ0) is 15.3. The minimum absolute atomic E-state index is 0.0303. The summed E-state index contributed by atoms with van der Waals surface area (Å²) >= 11 is 0. The number of carbonyl (C=O) groups is 1. The molecular weight excluding hydrogens is 260 g/mol. The van der Waals surface area contributed by atoms with Crippen LogP contribution in [-0.4, -0.2) is 23.4 Å². The summed E-state index contributed by atoms with van der Waals surface area (Å²) in [6, 6.07) is 4.97. The van der Waals surface area contributed by atoms with Crippen molar-refractivity contribution in [3.05, 3.63) is 23.8 Å². The molecule has 0 saturated carbocycles. The van der Waals surface area contributed by atoms with E-state index in [1.165, 1.54) is 0 Å². The van der Waals surface area contributed by atoms with Crippen molar-refractivity contribution in [2.75, 3.05) is 11.9 Å². The Morgan fingerprint density at radius 1 is 1.45 bits per heavy atom. The van der Waals surface area contributed by atoms with Gasteiger partial charge in [-0.25, -0.2) is 10.7 Å². The smallest absolute Gasteiger partial charge is 0.412 e. The van der Waals surface area contributed by atoms with E-state index in [-0.39, 0.29) is 11.7 Å². The molecule has 1 aromatic carbocycles. The second kappa shape index (κ2) is 6.58.